The van der Waals surface area contributed by atoms with E-state index in [9.17, 15) is 19.2 Å². The zero-order valence-electron chi connectivity index (χ0n) is 33.0. The van der Waals surface area contributed by atoms with E-state index in [2.05, 4.69) is 35.9 Å². The van der Waals surface area contributed by atoms with Gasteiger partial charge in [-0.25, -0.2) is 24.5 Å². The number of alkyl carbamates (subject to hydrolysis) is 2. The molecule has 0 radical (unpaired) electrons. The van der Waals surface area contributed by atoms with Crippen LogP contribution < -0.4 is 16.0 Å². The van der Waals surface area contributed by atoms with E-state index in [0.717, 1.165) is 59.0 Å². The Labute approximate surface area is 329 Å². The highest BCUT2D eigenvalue weighted by Gasteiger charge is 2.39. The first-order valence-electron chi connectivity index (χ1n) is 19.3. The summed E-state index contributed by atoms with van der Waals surface area (Å²) in [4.78, 5) is 80.5. The second-order valence-corrected chi connectivity index (χ2v) is 15.2. The van der Waals surface area contributed by atoms with Crippen molar-refractivity contribution in [3.05, 3.63) is 60.4 Å². The van der Waals surface area contributed by atoms with Gasteiger partial charge in [0.25, 0.3) is 0 Å². The largest absolute Gasteiger partial charge is 0.453 e. The number of fused-ring (bicyclic) bond motifs is 2. The highest BCUT2D eigenvalue weighted by Crippen LogP contribution is 2.35. The van der Waals surface area contributed by atoms with Crippen LogP contribution in [0.4, 0.5) is 21.1 Å². The molecule has 2 aliphatic rings. The van der Waals surface area contributed by atoms with E-state index in [4.69, 9.17) is 19.4 Å². The van der Waals surface area contributed by atoms with Crippen molar-refractivity contribution in [1.82, 2.24) is 50.3 Å². The first kappa shape index (κ1) is 39.0. The standard InChI is InChI=1S/C40H49N11O6/c1-21(2)33(48-39(54)56-5)37(52)50-15-7-9-30(50)35-44-25-13-11-23(17-27(25)46-35)29-19-42-32(20-41-29)43-24-12-14-26-28(18-24)47-36(45-26)31-10-8-16-51(31)38(53)34(22(3)4)49-40(55)57-6/h11-14,17-22,30-31,33-34H,7-10,15-16H2,1-6H3,(H,42,43)(H,44,46)(H,45,47)(H,48,54)(H,49,55). The molecule has 7 rings (SSSR count). The predicted octanol–water partition coefficient (Wildman–Crippen LogP) is 5.73. The van der Waals surface area contributed by atoms with E-state index >= 15 is 0 Å². The summed E-state index contributed by atoms with van der Waals surface area (Å²) in [5.74, 6) is 1.39. The lowest BCUT2D eigenvalue weighted by Gasteiger charge is -2.29. The number of hydrogen-bond acceptors (Lipinski definition) is 11. The number of rotatable bonds is 11. The van der Waals surface area contributed by atoms with Gasteiger partial charge in [-0.2, -0.15) is 0 Å². The normalized spacial score (nSPS) is 18.0. The lowest BCUT2D eigenvalue weighted by Crippen LogP contribution is -2.51. The van der Waals surface area contributed by atoms with Crippen LogP contribution in [0.5, 0.6) is 0 Å². The first-order chi connectivity index (χ1) is 27.4. The van der Waals surface area contributed by atoms with Gasteiger partial charge in [-0.05, 0) is 67.9 Å². The molecule has 4 amide bonds. The number of methoxy groups -OCH3 is 2. The van der Waals surface area contributed by atoms with Gasteiger partial charge in [0.05, 0.1) is 66.5 Å². The molecule has 0 aliphatic carbocycles. The third-order valence-corrected chi connectivity index (χ3v) is 10.7. The van der Waals surface area contributed by atoms with Gasteiger partial charge in [-0.1, -0.05) is 33.8 Å². The van der Waals surface area contributed by atoms with Gasteiger partial charge < -0.3 is 45.2 Å². The Kier molecular flexibility index (Phi) is 11.3. The molecule has 5 heterocycles. The number of likely N-dealkylation sites (tertiary alicyclic amines) is 2. The minimum Gasteiger partial charge on any atom is -0.453 e. The van der Waals surface area contributed by atoms with Crippen molar-refractivity contribution in [1.29, 1.82) is 0 Å². The molecule has 17 heteroatoms. The molecule has 2 aliphatic heterocycles. The summed E-state index contributed by atoms with van der Waals surface area (Å²) < 4.78 is 9.51. The van der Waals surface area contributed by atoms with Crippen molar-refractivity contribution in [2.75, 3.05) is 32.6 Å². The Morgan fingerprint density at radius 1 is 0.719 bits per heavy atom. The van der Waals surface area contributed by atoms with Crippen molar-refractivity contribution in [2.24, 2.45) is 11.8 Å². The number of nitrogens with zero attached hydrogens (tertiary/aromatic N) is 6. The van der Waals surface area contributed by atoms with Crippen LogP contribution >= 0.6 is 0 Å². The number of ether oxygens (including phenoxy) is 2. The van der Waals surface area contributed by atoms with Gasteiger partial charge in [0.1, 0.15) is 29.6 Å². The summed E-state index contributed by atoms with van der Waals surface area (Å²) in [6.45, 7) is 8.71. The summed E-state index contributed by atoms with van der Waals surface area (Å²) in [5, 5.41) is 8.70. The Bertz CT molecular complexity index is 2270. The van der Waals surface area contributed by atoms with E-state index < -0.39 is 24.3 Å². The molecular weight excluding hydrogens is 731 g/mol. The molecule has 3 aromatic heterocycles. The minimum atomic E-state index is -0.708. The van der Waals surface area contributed by atoms with Gasteiger partial charge >= 0.3 is 12.2 Å². The summed E-state index contributed by atoms with van der Waals surface area (Å²) in [6, 6.07) is 9.71. The summed E-state index contributed by atoms with van der Waals surface area (Å²) in [5.41, 5.74) is 5.47. The number of aromatic amines is 2. The second-order valence-electron chi connectivity index (χ2n) is 15.2. The highest BCUT2D eigenvalue weighted by molar-refractivity contribution is 5.88. The number of imidazole rings is 2. The van der Waals surface area contributed by atoms with Crippen LogP contribution in [0.1, 0.15) is 77.1 Å². The molecule has 4 atom stereocenters. The molecule has 300 valence electrons. The third kappa shape index (κ3) is 8.18. The van der Waals surface area contributed by atoms with Crippen molar-refractivity contribution in [2.45, 2.75) is 77.5 Å². The monoisotopic (exact) mass is 779 g/mol. The van der Waals surface area contributed by atoms with Gasteiger partial charge in [0.2, 0.25) is 11.8 Å². The first-order valence-corrected chi connectivity index (χ1v) is 19.3. The van der Waals surface area contributed by atoms with E-state index in [-0.39, 0.29) is 35.7 Å². The van der Waals surface area contributed by atoms with Crippen LogP contribution in [0.2, 0.25) is 0 Å². The molecule has 0 saturated carbocycles. The average Bonchev–Trinajstić information content (AvgIpc) is 4.03. The van der Waals surface area contributed by atoms with Crippen LogP contribution in [0, 0.1) is 11.8 Å². The van der Waals surface area contributed by atoms with Gasteiger partial charge in [0, 0.05) is 24.3 Å². The lowest BCUT2D eigenvalue weighted by molar-refractivity contribution is -0.136. The van der Waals surface area contributed by atoms with Crippen LogP contribution in [0.3, 0.4) is 0 Å². The van der Waals surface area contributed by atoms with Crippen molar-refractivity contribution >= 4 is 57.6 Å². The fourth-order valence-corrected chi connectivity index (χ4v) is 7.69. The summed E-state index contributed by atoms with van der Waals surface area (Å²) in [7, 11) is 2.56. The third-order valence-electron chi connectivity index (χ3n) is 10.7. The molecule has 17 nitrogen and oxygen atoms in total. The number of carbonyl (C=O) groups is 4. The van der Waals surface area contributed by atoms with Crippen molar-refractivity contribution < 1.29 is 28.7 Å². The number of aromatic nitrogens is 6. The quantitative estimate of drug-likeness (QED) is 0.109. The van der Waals surface area contributed by atoms with E-state index in [1.54, 1.807) is 22.2 Å². The fraction of sp³-hybridized carbons (Fsp3) is 0.450. The fourth-order valence-electron chi connectivity index (χ4n) is 7.69. The highest BCUT2D eigenvalue weighted by atomic mass is 16.5. The molecule has 2 fully saturated rings. The predicted molar refractivity (Wildman–Crippen MR) is 212 cm³/mol. The number of nitrogens with one attached hydrogen (secondary N) is 5. The summed E-state index contributed by atoms with van der Waals surface area (Å²) >= 11 is 0. The molecule has 5 aromatic rings. The van der Waals surface area contributed by atoms with E-state index in [1.807, 2.05) is 64.1 Å². The number of benzene rings is 2. The van der Waals surface area contributed by atoms with Crippen LogP contribution in [0.15, 0.2) is 48.8 Å². The van der Waals surface area contributed by atoms with Crippen LogP contribution in [0.25, 0.3) is 33.3 Å². The molecule has 4 unspecified atom stereocenters. The van der Waals surface area contributed by atoms with E-state index in [0.29, 0.717) is 36.3 Å². The lowest BCUT2D eigenvalue weighted by atomic mass is 10.0. The number of carbonyl (C=O) groups excluding carboxylic acids is 4. The molecule has 57 heavy (non-hydrogen) atoms. The maximum Gasteiger partial charge on any atom is 0.407 e. The topological polar surface area (TPSA) is 212 Å². The molecule has 0 bridgehead atoms. The average molecular weight is 780 g/mol. The van der Waals surface area contributed by atoms with Crippen LogP contribution in [-0.4, -0.2) is 103 Å². The Balaban J connectivity index is 1.03. The molecule has 0 spiro atoms. The van der Waals surface area contributed by atoms with Gasteiger partial charge in [-0.15, -0.1) is 0 Å². The second kappa shape index (κ2) is 16.5. The maximum absolute atomic E-state index is 13.6. The number of amides is 4. The van der Waals surface area contributed by atoms with E-state index in [1.165, 1.54) is 14.2 Å². The molecule has 5 N–H and O–H groups in total. The molecular formula is C40H49N11O6. The number of H-pyrrole nitrogens is 2. The van der Waals surface area contributed by atoms with Crippen molar-refractivity contribution in [3.63, 3.8) is 0 Å². The Morgan fingerprint density at radius 3 is 1.74 bits per heavy atom. The summed E-state index contributed by atoms with van der Waals surface area (Å²) in [6.07, 6.45) is 5.27. The maximum atomic E-state index is 13.6. The molecule has 2 saturated heterocycles. The minimum absolute atomic E-state index is 0.121. The smallest absolute Gasteiger partial charge is 0.407 e. The van der Waals surface area contributed by atoms with Gasteiger partial charge in [0.15, 0.2) is 0 Å². The van der Waals surface area contributed by atoms with Crippen molar-refractivity contribution in [3.8, 4) is 11.3 Å². The number of hydrogen-bond donors (Lipinski definition) is 5. The van der Waals surface area contributed by atoms with Crippen LogP contribution in [-0.2, 0) is 19.1 Å². The van der Waals surface area contributed by atoms with Gasteiger partial charge in [-0.3, -0.25) is 14.6 Å². The molecule has 2 aromatic carbocycles. The Hall–Kier alpha value is -6.26. The SMILES string of the molecule is COC(=O)NC(C(=O)N1CCCC1c1nc2ccc(Nc3cnc(-c4ccc5nc(C6CCCN6C(=O)C(NC(=O)OC)C(C)C)[nH]c5c4)cn3)cc2[nH]1)C(C)C. The zero-order chi connectivity index (χ0) is 40.4. The zero-order valence-corrected chi connectivity index (χ0v) is 33.0. The number of anilines is 2. The Morgan fingerprint density at radius 2 is 1.25 bits per heavy atom.